The number of methoxy groups -OCH3 is 1. The van der Waals surface area contributed by atoms with Crippen molar-refractivity contribution in [2.45, 2.75) is 32.7 Å². The number of hydrogen-bond donors (Lipinski definition) is 0. The first-order valence-corrected chi connectivity index (χ1v) is 8.93. The van der Waals surface area contributed by atoms with Crippen LogP contribution in [0, 0.1) is 12.3 Å². The molecule has 22 heavy (non-hydrogen) atoms. The topological polar surface area (TPSA) is 45.7 Å². The van der Waals surface area contributed by atoms with Crippen molar-refractivity contribution in [3.05, 3.63) is 16.1 Å². The smallest absolute Gasteiger partial charge is 0.230 e. The number of thiazole rings is 1. The van der Waals surface area contributed by atoms with Crippen LogP contribution in [0.3, 0.4) is 0 Å². The molecule has 5 nitrogen and oxygen atoms in total. The number of aromatic nitrogens is 1. The first kappa shape index (κ1) is 15.9. The number of rotatable bonds is 5. The molecule has 0 radical (unpaired) electrons. The van der Waals surface area contributed by atoms with Gasteiger partial charge in [-0.1, -0.05) is 0 Å². The van der Waals surface area contributed by atoms with Crippen LogP contribution in [0.5, 0.6) is 0 Å². The van der Waals surface area contributed by atoms with Gasteiger partial charge in [0.25, 0.3) is 0 Å². The van der Waals surface area contributed by atoms with Crippen LogP contribution in [0.4, 0.5) is 0 Å². The van der Waals surface area contributed by atoms with Crippen molar-refractivity contribution in [3.8, 4) is 0 Å². The van der Waals surface area contributed by atoms with E-state index in [4.69, 9.17) is 4.74 Å². The van der Waals surface area contributed by atoms with Crippen LogP contribution >= 0.6 is 11.3 Å². The van der Waals surface area contributed by atoms with Crippen LogP contribution < -0.4 is 0 Å². The Kier molecular flexibility index (Phi) is 4.80. The van der Waals surface area contributed by atoms with Gasteiger partial charge in [0.1, 0.15) is 0 Å². The molecule has 2 fully saturated rings. The molecule has 1 aromatic heterocycles. The summed E-state index contributed by atoms with van der Waals surface area (Å²) in [6.07, 6.45) is 3.12. The summed E-state index contributed by atoms with van der Waals surface area (Å²) in [5.41, 5.74) is 0.984. The molecule has 1 amide bonds. The third kappa shape index (κ3) is 3.19. The molecule has 2 aliphatic heterocycles. The molecule has 0 aromatic carbocycles. The number of nitrogens with zero attached hydrogens (tertiary/aromatic N) is 3. The molecule has 0 saturated carbocycles. The highest BCUT2D eigenvalue weighted by Gasteiger charge is 2.48. The quantitative estimate of drug-likeness (QED) is 0.830. The summed E-state index contributed by atoms with van der Waals surface area (Å²) in [5.74, 6) is 0.337. The van der Waals surface area contributed by atoms with E-state index < -0.39 is 0 Å². The summed E-state index contributed by atoms with van der Waals surface area (Å²) < 4.78 is 5.12. The summed E-state index contributed by atoms with van der Waals surface area (Å²) in [7, 11) is 1.69. The van der Waals surface area contributed by atoms with Crippen LogP contribution in [0.15, 0.2) is 5.38 Å². The lowest BCUT2D eigenvalue weighted by atomic mass is 9.78. The normalized spacial score (nSPS) is 26.3. The molecule has 3 rings (SSSR count). The Hall–Kier alpha value is -0.980. The maximum Gasteiger partial charge on any atom is 0.230 e. The summed E-state index contributed by atoms with van der Waals surface area (Å²) >= 11 is 1.70. The Balaban J connectivity index is 1.63. The highest BCUT2D eigenvalue weighted by molar-refractivity contribution is 7.09. The highest BCUT2D eigenvalue weighted by atomic mass is 32.1. The third-order valence-corrected chi connectivity index (χ3v) is 5.70. The van der Waals surface area contributed by atoms with Crippen molar-refractivity contribution in [1.82, 2.24) is 14.8 Å². The third-order valence-electron chi connectivity index (χ3n) is 4.87. The minimum Gasteiger partial charge on any atom is -0.383 e. The molecule has 1 unspecified atom stereocenters. The van der Waals surface area contributed by atoms with Crippen LogP contribution in [-0.4, -0.2) is 60.6 Å². The Morgan fingerprint density at radius 3 is 3.00 bits per heavy atom. The lowest BCUT2D eigenvalue weighted by molar-refractivity contribution is -0.139. The van der Waals surface area contributed by atoms with Gasteiger partial charge < -0.3 is 9.64 Å². The Labute approximate surface area is 136 Å². The second kappa shape index (κ2) is 6.64. The van der Waals surface area contributed by atoms with Gasteiger partial charge in [-0.25, -0.2) is 4.98 Å². The Morgan fingerprint density at radius 2 is 2.27 bits per heavy atom. The fourth-order valence-corrected chi connectivity index (χ4v) is 4.36. The lowest BCUT2D eigenvalue weighted by Crippen LogP contribution is -2.47. The molecule has 1 atom stereocenters. The number of aryl methyl sites for hydroxylation is 1. The number of carbonyl (C=O) groups excluding carboxylic acids is 1. The molecule has 2 saturated heterocycles. The van der Waals surface area contributed by atoms with Crippen LogP contribution in [0.25, 0.3) is 0 Å². The maximum atomic E-state index is 12.8. The molecule has 2 aliphatic rings. The standard InChI is InChI=1S/C16H25N3O2S/c1-13-17-14(11-22-13)10-18-6-3-4-16(12-18)5-7-19(15(16)20)8-9-21-2/h11H,3-10,12H2,1-2H3. The number of piperidine rings is 1. The Bertz CT molecular complexity index is 533. The summed E-state index contributed by atoms with van der Waals surface area (Å²) in [4.78, 5) is 21.8. The molecule has 3 heterocycles. The lowest BCUT2D eigenvalue weighted by Gasteiger charge is -2.38. The van der Waals surface area contributed by atoms with Gasteiger partial charge in [0.05, 0.1) is 22.7 Å². The molecule has 0 N–H and O–H groups in total. The highest BCUT2D eigenvalue weighted by Crippen LogP contribution is 2.40. The van der Waals surface area contributed by atoms with Gasteiger partial charge in [-0.2, -0.15) is 0 Å². The second-order valence-corrected chi connectivity index (χ2v) is 7.55. The van der Waals surface area contributed by atoms with E-state index in [0.29, 0.717) is 12.5 Å². The molecule has 122 valence electrons. The number of hydrogen-bond acceptors (Lipinski definition) is 5. The van der Waals surface area contributed by atoms with E-state index in [0.717, 1.165) is 62.7 Å². The maximum absolute atomic E-state index is 12.8. The van der Waals surface area contributed by atoms with Crippen molar-refractivity contribution in [2.24, 2.45) is 5.41 Å². The van der Waals surface area contributed by atoms with E-state index in [1.807, 2.05) is 11.8 Å². The average molecular weight is 323 g/mol. The SMILES string of the molecule is COCCN1CCC2(CCCN(Cc3csc(C)n3)C2)C1=O. The monoisotopic (exact) mass is 323 g/mol. The van der Waals surface area contributed by atoms with E-state index in [1.165, 1.54) is 0 Å². The number of ether oxygens (including phenoxy) is 1. The van der Waals surface area contributed by atoms with Gasteiger partial charge in [0.15, 0.2) is 0 Å². The van der Waals surface area contributed by atoms with Crippen LogP contribution in [-0.2, 0) is 16.1 Å². The van der Waals surface area contributed by atoms with E-state index in [9.17, 15) is 4.79 Å². The van der Waals surface area contributed by atoms with E-state index in [2.05, 4.69) is 15.3 Å². The Morgan fingerprint density at radius 1 is 1.41 bits per heavy atom. The summed E-state index contributed by atoms with van der Waals surface area (Å²) in [6.45, 7) is 7.10. The minimum atomic E-state index is -0.156. The number of likely N-dealkylation sites (tertiary alicyclic amines) is 2. The molecule has 1 aromatic rings. The summed E-state index contributed by atoms with van der Waals surface area (Å²) in [5, 5.41) is 3.25. The van der Waals surface area contributed by atoms with Gasteiger partial charge >= 0.3 is 0 Å². The van der Waals surface area contributed by atoms with E-state index in [1.54, 1.807) is 18.4 Å². The zero-order valence-corrected chi connectivity index (χ0v) is 14.3. The molecule has 0 aliphatic carbocycles. The first-order chi connectivity index (χ1) is 10.6. The van der Waals surface area contributed by atoms with Crippen molar-refractivity contribution in [2.75, 3.05) is 39.9 Å². The fraction of sp³-hybridized carbons (Fsp3) is 0.750. The predicted octanol–water partition coefficient (Wildman–Crippen LogP) is 1.91. The van der Waals surface area contributed by atoms with Gasteiger partial charge in [-0.05, 0) is 32.7 Å². The molecular weight excluding hydrogens is 298 g/mol. The van der Waals surface area contributed by atoms with Gasteiger partial charge in [-0.3, -0.25) is 9.69 Å². The van der Waals surface area contributed by atoms with E-state index >= 15 is 0 Å². The zero-order chi connectivity index (χ0) is 15.6. The van der Waals surface area contributed by atoms with Crippen molar-refractivity contribution >= 4 is 17.2 Å². The van der Waals surface area contributed by atoms with E-state index in [-0.39, 0.29) is 5.41 Å². The molecule has 0 bridgehead atoms. The average Bonchev–Trinajstić information content (AvgIpc) is 3.03. The summed E-state index contributed by atoms with van der Waals surface area (Å²) in [6, 6.07) is 0. The molecular formula is C16H25N3O2S. The van der Waals surface area contributed by atoms with Crippen LogP contribution in [0.1, 0.15) is 30.0 Å². The predicted molar refractivity (Wildman–Crippen MR) is 86.9 cm³/mol. The molecule has 1 spiro atoms. The van der Waals surface area contributed by atoms with Gasteiger partial charge in [0, 0.05) is 38.7 Å². The minimum absolute atomic E-state index is 0.156. The largest absolute Gasteiger partial charge is 0.383 e. The first-order valence-electron chi connectivity index (χ1n) is 8.05. The van der Waals surface area contributed by atoms with Gasteiger partial charge in [-0.15, -0.1) is 11.3 Å². The van der Waals surface area contributed by atoms with Crippen molar-refractivity contribution < 1.29 is 9.53 Å². The second-order valence-electron chi connectivity index (χ2n) is 6.49. The van der Waals surface area contributed by atoms with Gasteiger partial charge in [0.2, 0.25) is 5.91 Å². The number of amides is 1. The van der Waals surface area contributed by atoms with Crippen molar-refractivity contribution in [3.63, 3.8) is 0 Å². The zero-order valence-electron chi connectivity index (χ0n) is 13.5. The number of carbonyl (C=O) groups is 1. The van der Waals surface area contributed by atoms with Crippen molar-refractivity contribution in [1.29, 1.82) is 0 Å². The molecule has 6 heteroatoms. The fourth-order valence-electron chi connectivity index (χ4n) is 3.76. The van der Waals surface area contributed by atoms with Crippen LogP contribution in [0.2, 0.25) is 0 Å².